The molecule has 30 heavy (non-hydrogen) atoms. The zero-order valence-corrected chi connectivity index (χ0v) is 17.1. The second kappa shape index (κ2) is 9.26. The van der Waals surface area contributed by atoms with Gasteiger partial charge in [-0.1, -0.05) is 12.8 Å². The molecular weight excluding hydrogens is 388 g/mol. The first-order valence-electron chi connectivity index (χ1n) is 9.60. The summed E-state index contributed by atoms with van der Waals surface area (Å²) in [6.45, 7) is 0. The minimum Gasteiger partial charge on any atom is -0.465 e. The molecule has 0 saturated heterocycles. The van der Waals surface area contributed by atoms with Crippen molar-refractivity contribution in [1.82, 2.24) is 20.1 Å². The molecule has 1 saturated carbocycles. The first-order chi connectivity index (χ1) is 14.5. The first kappa shape index (κ1) is 21.1. The van der Waals surface area contributed by atoms with Crippen molar-refractivity contribution in [1.29, 1.82) is 5.26 Å². The molecule has 2 aromatic heterocycles. The fourth-order valence-corrected chi connectivity index (χ4v) is 3.64. The average molecular weight is 412 g/mol. The Bertz CT molecular complexity index is 980. The Kier molecular flexibility index (Phi) is 6.51. The van der Waals surface area contributed by atoms with E-state index in [2.05, 4.69) is 26.8 Å². The summed E-state index contributed by atoms with van der Waals surface area (Å²) in [5.74, 6) is -0.214. The maximum atomic E-state index is 12.4. The lowest BCUT2D eigenvalue weighted by molar-refractivity contribution is 0.0601. The highest BCUT2D eigenvalue weighted by atomic mass is 16.5. The number of pyridine rings is 1. The van der Waals surface area contributed by atoms with E-state index in [0.29, 0.717) is 17.1 Å². The molecule has 2 atom stereocenters. The lowest BCUT2D eigenvalue weighted by Gasteiger charge is -2.32. The number of methoxy groups -OCH3 is 2. The molecular formula is C20H24N6O4. The van der Waals surface area contributed by atoms with Crippen LogP contribution in [0.15, 0.2) is 18.5 Å². The number of nitriles is 1. The Balaban J connectivity index is 2.00. The molecule has 0 aliphatic heterocycles. The fraction of sp³-hybridized carbons (Fsp3) is 0.450. The summed E-state index contributed by atoms with van der Waals surface area (Å²) in [5.41, 5.74) is 1.13. The number of anilines is 1. The van der Waals surface area contributed by atoms with E-state index < -0.39 is 12.1 Å². The maximum Gasteiger partial charge on any atom is 0.407 e. The smallest absolute Gasteiger partial charge is 0.407 e. The average Bonchev–Trinajstić information content (AvgIpc) is 3.20. The number of aryl methyl sites for hydroxylation is 1. The number of aromatic nitrogens is 3. The Morgan fingerprint density at radius 3 is 2.57 bits per heavy atom. The van der Waals surface area contributed by atoms with Gasteiger partial charge in [-0.05, 0) is 18.9 Å². The fourth-order valence-electron chi connectivity index (χ4n) is 3.64. The van der Waals surface area contributed by atoms with Gasteiger partial charge in [-0.15, -0.1) is 0 Å². The summed E-state index contributed by atoms with van der Waals surface area (Å²) in [6, 6.07) is 3.35. The van der Waals surface area contributed by atoms with Crippen molar-refractivity contribution >= 4 is 17.9 Å². The largest absolute Gasteiger partial charge is 0.465 e. The van der Waals surface area contributed by atoms with Crippen LogP contribution < -0.4 is 10.6 Å². The number of carbonyl (C=O) groups is 2. The van der Waals surface area contributed by atoms with Crippen LogP contribution in [0.1, 0.15) is 41.6 Å². The van der Waals surface area contributed by atoms with Crippen LogP contribution in [0, 0.1) is 11.3 Å². The normalized spacial score (nSPS) is 18.2. The van der Waals surface area contributed by atoms with Crippen LogP contribution >= 0.6 is 0 Å². The lowest BCUT2D eigenvalue weighted by Crippen LogP contribution is -2.48. The number of nitrogens with zero attached hydrogens (tertiary/aromatic N) is 4. The molecule has 3 rings (SSSR count). The van der Waals surface area contributed by atoms with Crippen LogP contribution in [0.5, 0.6) is 0 Å². The standard InChI is InChI=1S/C20H24N6O4/c1-26-11-13(10-22-26)18-17(19(27)29-2)12(9-21)8-16(25-18)23-14-6-4-5-7-15(14)24-20(28)30-3/h8,10-11,14-15H,4-7H2,1-3H3,(H,23,25)(H,24,28)/t14-,15+/m1/s1. The molecule has 1 amide bonds. The SMILES string of the molecule is COC(=O)N[C@H]1CCCC[C@H]1Nc1cc(C#N)c(C(=O)OC)c(-c2cnn(C)c2)n1. The van der Waals surface area contributed by atoms with Gasteiger partial charge in [-0.3, -0.25) is 4.68 Å². The molecule has 0 aromatic carbocycles. The molecule has 0 radical (unpaired) electrons. The molecule has 0 bridgehead atoms. The Morgan fingerprint density at radius 2 is 1.97 bits per heavy atom. The van der Waals surface area contributed by atoms with Crippen molar-refractivity contribution in [2.24, 2.45) is 7.05 Å². The third kappa shape index (κ3) is 4.51. The van der Waals surface area contributed by atoms with Crippen LogP contribution in [0.25, 0.3) is 11.3 Å². The summed E-state index contributed by atoms with van der Waals surface area (Å²) >= 11 is 0. The Labute approximate surface area is 174 Å². The number of hydrogen-bond acceptors (Lipinski definition) is 8. The van der Waals surface area contributed by atoms with Crippen LogP contribution in [-0.2, 0) is 16.5 Å². The zero-order valence-electron chi connectivity index (χ0n) is 17.1. The monoisotopic (exact) mass is 412 g/mol. The summed E-state index contributed by atoms with van der Waals surface area (Å²) in [4.78, 5) is 28.7. The van der Waals surface area contributed by atoms with Gasteiger partial charge in [0.15, 0.2) is 0 Å². The van der Waals surface area contributed by atoms with E-state index in [1.165, 1.54) is 20.3 Å². The van der Waals surface area contributed by atoms with Crippen molar-refractivity contribution in [3.63, 3.8) is 0 Å². The third-order valence-corrected chi connectivity index (χ3v) is 5.10. The molecule has 10 heteroatoms. The van der Waals surface area contributed by atoms with Gasteiger partial charge < -0.3 is 20.1 Å². The molecule has 2 N–H and O–H groups in total. The molecule has 1 aliphatic rings. The van der Waals surface area contributed by atoms with E-state index in [1.54, 1.807) is 24.1 Å². The summed E-state index contributed by atoms with van der Waals surface area (Å²) in [6.07, 6.45) is 6.40. The van der Waals surface area contributed by atoms with Gasteiger partial charge in [0.05, 0.1) is 37.7 Å². The van der Waals surface area contributed by atoms with E-state index in [4.69, 9.17) is 9.47 Å². The second-order valence-electron chi connectivity index (χ2n) is 7.06. The predicted octanol–water partition coefficient (Wildman–Crippen LogP) is 2.22. The Morgan fingerprint density at radius 1 is 1.23 bits per heavy atom. The van der Waals surface area contributed by atoms with Crippen molar-refractivity contribution in [3.05, 3.63) is 29.6 Å². The van der Waals surface area contributed by atoms with E-state index >= 15 is 0 Å². The van der Waals surface area contributed by atoms with Crippen LogP contribution in [-0.4, -0.2) is 53.1 Å². The summed E-state index contributed by atoms with van der Waals surface area (Å²) in [5, 5.41) is 20.0. The molecule has 2 aromatic rings. The first-order valence-corrected chi connectivity index (χ1v) is 9.60. The molecule has 2 heterocycles. The molecule has 0 spiro atoms. The lowest BCUT2D eigenvalue weighted by atomic mass is 9.90. The van der Waals surface area contributed by atoms with Crippen LogP contribution in [0.2, 0.25) is 0 Å². The third-order valence-electron chi connectivity index (χ3n) is 5.10. The predicted molar refractivity (Wildman–Crippen MR) is 108 cm³/mol. The molecule has 1 fully saturated rings. The Hall–Kier alpha value is -3.61. The maximum absolute atomic E-state index is 12.4. The summed E-state index contributed by atoms with van der Waals surface area (Å²) < 4.78 is 11.2. The molecule has 158 valence electrons. The van der Waals surface area contributed by atoms with Crippen LogP contribution in [0.4, 0.5) is 10.6 Å². The van der Waals surface area contributed by atoms with Crippen molar-refractivity contribution in [3.8, 4) is 17.3 Å². The van der Waals surface area contributed by atoms with E-state index in [-0.39, 0.29) is 23.2 Å². The number of alkyl carbamates (subject to hydrolysis) is 1. The molecule has 10 nitrogen and oxygen atoms in total. The van der Waals surface area contributed by atoms with Crippen molar-refractivity contribution in [2.75, 3.05) is 19.5 Å². The second-order valence-corrected chi connectivity index (χ2v) is 7.06. The van der Waals surface area contributed by atoms with Gasteiger partial charge in [0.25, 0.3) is 0 Å². The van der Waals surface area contributed by atoms with Crippen molar-refractivity contribution < 1.29 is 19.1 Å². The molecule has 1 aliphatic carbocycles. The quantitative estimate of drug-likeness (QED) is 0.715. The van der Waals surface area contributed by atoms with Gasteiger partial charge in [-0.2, -0.15) is 10.4 Å². The highest BCUT2D eigenvalue weighted by molar-refractivity contribution is 5.99. The number of esters is 1. The van der Waals surface area contributed by atoms with Crippen molar-refractivity contribution in [2.45, 2.75) is 37.8 Å². The van der Waals surface area contributed by atoms with Gasteiger partial charge in [0.2, 0.25) is 0 Å². The van der Waals surface area contributed by atoms with Gasteiger partial charge in [0.1, 0.15) is 17.5 Å². The van der Waals surface area contributed by atoms with Gasteiger partial charge in [-0.25, -0.2) is 14.6 Å². The number of amides is 1. The number of ether oxygens (including phenoxy) is 2. The number of rotatable bonds is 5. The van der Waals surface area contributed by atoms with E-state index in [1.807, 2.05) is 0 Å². The summed E-state index contributed by atoms with van der Waals surface area (Å²) in [7, 11) is 4.33. The van der Waals surface area contributed by atoms with E-state index in [9.17, 15) is 14.9 Å². The minimum atomic E-state index is -0.646. The van der Waals surface area contributed by atoms with Gasteiger partial charge >= 0.3 is 12.1 Å². The highest BCUT2D eigenvalue weighted by Gasteiger charge is 2.28. The topological polar surface area (TPSA) is 131 Å². The highest BCUT2D eigenvalue weighted by Crippen LogP contribution is 2.29. The zero-order chi connectivity index (χ0) is 21.7. The minimum absolute atomic E-state index is 0.0893. The van der Waals surface area contributed by atoms with E-state index in [0.717, 1.165) is 25.7 Å². The van der Waals surface area contributed by atoms with Gasteiger partial charge in [0, 0.05) is 24.8 Å². The molecule has 0 unspecified atom stereocenters. The number of carbonyl (C=O) groups excluding carboxylic acids is 2. The number of hydrogen-bond donors (Lipinski definition) is 2. The van der Waals surface area contributed by atoms with Crippen LogP contribution in [0.3, 0.4) is 0 Å². The number of nitrogens with one attached hydrogen (secondary N) is 2.